The Hall–Kier alpha value is -2.80. The average Bonchev–Trinajstić information content (AvgIpc) is 3.18. The Morgan fingerprint density at radius 2 is 1.81 bits per heavy atom. The van der Waals surface area contributed by atoms with Crippen LogP contribution in [0.15, 0.2) is 42.6 Å². The fraction of sp³-hybridized carbons (Fsp3) is 0.500. The molecule has 0 saturated heterocycles. The minimum Gasteiger partial charge on any atom is -0.383 e. The lowest BCUT2D eigenvalue weighted by atomic mass is 10.1. The van der Waals surface area contributed by atoms with E-state index >= 15 is 0 Å². The summed E-state index contributed by atoms with van der Waals surface area (Å²) < 4.78 is 7.19. The molecule has 0 unspecified atom stereocenters. The molecule has 1 aromatic carbocycles. The van der Waals surface area contributed by atoms with E-state index in [1.165, 1.54) is 5.56 Å². The fourth-order valence-corrected chi connectivity index (χ4v) is 3.24. The van der Waals surface area contributed by atoms with Crippen molar-refractivity contribution in [2.24, 2.45) is 7.05 Å². The molecule has 170 valence electrons. The zero-order valence-electron chi connectivity index (χ0n) is 19.3. The van der Waals surface area contributed by atoms with Gasteiger partial charge in [-0.1, -0.05) is 32.4 Å². The number of amides is 3. The highest BCUT2D eigenvalue weighted by Crippen LogP contribution is 2.12. The van der Waals surface area contributed by atoms with Gasteiger partial charge in [0.25, 0.3) is 0 Å². The molecule has 31 heavy (non-hydrogen) atoms. The predicted molar refractivity (Wildman–Crippen MR) is 124 cm³/mol. The third-order valence-corrected chi connectivity index (χ3v) is 5.33. The van der Waals surface area contributed by atoms with E-state index in [1.807, 2.05) is 54.2 Å². The number of carbonyl (C=O) groups excluding carboxylic acids is 2. The molecule has 1 aromatic heterocycles. The molecule has 7 nitrogen and oxygen atoms in total. The molecule has 7 heteroatoms. The van der Waals surface area contributed by atoms with Gasteiger partial charge in [-0.25, -0.2) is 4.79 Å². The number of ether oxygens (including phenoxy) is 1. The van der Waals surface area contributed by atoms with Crippen molar-refractivity contribution in [1.82, 2.24) is 14.4 Å². The summed E-state index contributed by atoms with van der Waals surface area (Å²) in [6.07, 6.45) is 4.69. The number of benzene rings is 1. The zero-order chi connectivity index (χ0) is 22.6. The maximum Gasteiger partial charge on any atom is 0.322 e. The van der Waals surface area contributed by atoms with Crippen molar-refractivity contribution >= 4 is 17.6 Å². The first kappa shape index (κ1) is 24.5. The van der Waals surface area contributed by atoms with E-state index in [0.29, 0.717) is 26.2 Å². The molecule has 0 aliphatic heterocycles. The normalized spacial score (nSPS) is 10.7. The van der Waals surface area contributed by atoms with Gasteiger partial charge in [0.15, 0.2) is 0 Å². The van der Waals surface area contributed by atoms with Crippen LogP contribution in [-0.2, 0) is 29.5 Å². The standard InChI is InChI=1S/C24H36N4O3/c1-5-7-15-28(24(30)25-21-12-10-20(6-2)11-13-21)19-23(29)27(16-17-31-4)18-22-9-8-14-26(22)3/h8-14H,5-7,15-19H2,1-4H3,(H,25,30). The van der Waals surface area contributed by atoms with Crippen molar-refractivity contribution < 1.29 is 14.3 Å². The Kier molecular flexibility index (Phi) is 10.1. The van der Waals surface area contributed by atoms with E-state index in [4.69, 9.17) is 4.74 Å². The summed E-state index contributed by atoms with van der Waals surface area (Å²) in [4.78, 5) is 29.4. The van der Waals surface area contributed by atoms with E-state index in [1.54, 1.807) is 16.9 Å². The summed E-state index contributed by atoms with van der Waals surface area (Å²) in [6.45, 7) is 6.13. The molecule has 0 aliphatic rings. The smallest absolute Gasteiger partial charge is 0.322 e. The number of urea groups is 1. The second-order valence-electron chi connectivity index (χ2n) is 7.67. The third kappa shape index (κ3) is 7.75. The van der Waals surface area contributed by atoms with Gasteiger partial charge < -0.3 is 24.4 Å². The van der Waals surface area contributed by atoms with E-state index in [9.17, 15) is 9.59 Å². The first-order chi connectivity index (χ1) is 15.0. The highest BCUT2D eigenvalue weighted by molar-refractivity contribution is 5.92. The molecule has 0 radical (unpaired) electrons. The Morgan fingerprint density at radius 3 is 2.39 bits per heavy atom. The highest BCUT2D eigenvalue weighted by Gasteiger charge is 2.22. The lowest BCUT2D eigenvalue weighted by Gasteiger charge is -2.28. The molecule has 1 heterocycles. The maximum absolute atomic E-state index is 13.1. The minimum absolute atomic E-state index is 0.0347. The van der Waals surface area contributed by atoms with Crippen LogP contribution in [0.2, 0.25) is 0 Å². The molecule has 1 N–H and O–H groups in total. The van der Waals surface area contributed by atoms with Crippen LogP contribution in [0.1, 0.15) is 37.9 Å². The van der Waals surface area contributed by atoms with Crippen molar-refractivity contribution in [2.45, 2.75) is 39.7 Å². The van der Waals surface area contributed by atoms with Crippen molar-refractivity contribution in [3.8, 4) is 0 Å². The largest absolute Gasteiger partial charge is 0.383 e. The molecule has 3 amide bonds. The Morgan fingerprint density at radius 1 is 1.06 bits per heavy atom. The van der Waals surface area contributed by atoms with Crippen molar-refractivity contribution in [3.63, 3.8) is 0 Å². The molecule has 2 aromatic rings. The third-order valence-electron chi connectivity index (χ3n) is 5.33. The molecule has 0 atom stereocenters. The molecular weight excluding hydrogens is 392 g/mol. The molecule has 0 saturated carbocycles. The molecule has 2 rings (SSSR count). The number of anilines is 1. The van der Waals surface area contributed by atoms with Crippen LogP contribution >= 0.6 is 0 Å². The summed E-state index contributed by atoms with van der Waals surface area (Å²) >= 11 is 0. The van der Waals surface area contributed by atoms with Crippen molar-refractivity contribution in [3.05, 3.63) is 53.9 Å². The number of methoxy groups -OCH3 is 1. The summed E-state index contributed by atoms with van der Waals surface area (Å²) in [5.41, 5.74) is 2.98. The average molecular weight is 429 g/mol. The van der Waals surface area contributed by atoms with Crippen LogP contribution in [0, 0.1) is 0 Å². The van der Waals surface area contributed by atoms with E-state index in [2.05, 4.69) is 19.2 Å². The topological polar surface area (TPSA) is 66.8 Å². The Balaban J connectivity index is 2.08. The second-order valence-corrected chi connectivity index (χ2v) is 7.67. The number of nitrogens with one attached hydrogen (secondary N) is 1. The van der Waals surface area contributed by atoms with Gasteiger partial charge >= 0.3 is 6.03 Å². The van der Waals surface area contributed by atoms with Gasteiger partial charge in [-0.05, 0) is 42.7 Å². The van der Waals surface area contributed by atoms with Crippen molar-refractivity contribution in [2.75, 3.05) is 38.7 Å². The van der Waals surface area contributed by atoms with E-state index in [0.717, 1.165) is 30.6 Å². The van der Waals surface area contributed by atoms with Crippen LogP contribution in [0.4, 0.5) is 10.5 Å². The van der Waals surface area contributed by atoms with Gasteiger partial charge in [-0.15, -0.1) is 0 Å². The number of aromatic nitrogens is 1. The Bertz CT molecular complexity index is 816. The number of rotatable bonds is 12. The van der Waals surface area contributed by atoms with E-state index < -0.39 is 0 Å². The van der Waals surface area contributed by atoms with Gasteiger partial charge in [-0.2, -0.15) is 0 Å². The number of unbranched alkanes of at least 4 members (excludes halogenated alkanes) is 1. The minimum atomic E-state index is -0.253. The molecule has 0 fully saturated rings. The first-order valence-corrected chi connectivity index (χ1v) is 11.0. The maximum atomic E-state index is 13.1. The number of carbonyl (C=O) groups is 2. The molecule has 0 bridgehead atoms. The second kappa shape index (κ2) is 12.8. The lowest BCUT2D eigenvalue weighted by molar-refractivity contribution is -0.133. The fourth-order valence-electron chi connectivity index (χ4n) is 3.24. The van der Waals surface area contributed by atoms with Crippen molar-refractivity contribution in [1.29, 1.82) is 0 Å². The van der Waals surface area contributed by atoms with Gasteiger partial charge in [-0.3, -0.25) is 4.79 Å². The van der Waals surface area contributed by atoms with Gasteiger partial charge in [0, 0.05) is 44.8 Å². The summed E-state index contributed by atoms with van der Waals surface area (Å²) in [5, 5.41) is 2.93. The lowest BCUT2D eigenvalue weighted by Crippen LogP contribution is -2.45. The monoisotopic (exact) mass is 428 g/mol. The molecule has 0 spiro atoms. The predicted octanol–water partition coefficient (Wildman–Crippen LogP) is 3.90. The number of nitrogens with zero attached hydrogens (tertiary/aromatic N) is 3. The van der Waals surface area contributed by atoms with Gasteiger partial charge in [0.2, 0.25) is 5.91 Å². The van der Waals surface area contributed by atoms with Crippen LogP contribution in [0.5, 0.6) is 0 Å². The number of hydrogen-bond donors (Lipinski definition) is 1. The molecule has 0 aliphatic carbocycles. The number of aryl methyl sites for hydroxylation is 2. The van der Waals surface area contributed by atoms with E-state index in [-0.39, 0.29) is 18.5 Å². The van der Waals surface area contributed by atoms with Crippen LogP contribution in [-0.4, -0.2) is 59.7 Å². The summed E-state index contributed by atoms with van der Waals surface area (Å²) in [5.74, 6) is -0.0918. The highest BCUT2D eigenvalue weighted by atomic mass is 16.5. The SMILES string of the molecule is CCCCN(CC(=O)N(CCOC)Cc1cccn1C)C(=O)Nc1ccc(CC)cc1. The van der Waals surface area contributed by atoms with Crippen LogP contribution in [0.25, 0.3) is 0 Å². The Labute approximate surface area is 186 Å². The summed E-state index contributed by atoms with van der Waals surface area (Å²) in [7, 11) is 3.58. The quantitative estimate of drug-likeness (QED) is 0.558. The van der Waals surface area contributed by atoms with Gasteiger partial charge in [0.1, 0.15) is 6.54 Å². The first-order valence-electron chi connectivity index (χ1n) is 11.0. The van der Waals surface area contributed by atoms with Gasteiger partial charge in [0.05, 0.1) is 13.2 Å². The summed E-state index contributed by atoms with van der Waals surface area (Å²) in [6, 6.07) is 11.5. The van der Waals surface area contributed by atoms with Crippen LogP contribution in [0.3, 0.4) is 0 Å². The molecular formula is C24H36N4O3. The zero-order valence-corrected chi connectivity index (χ0v) is 19.3. The van der Waals surface area contributed by atoms with Crippen LogP contribution < -0.4 is 5.32 Å². The number of hydrogen-bond acceptors (Lipinski definition) is 3.